The standard InChI is InChI=1S/C24H27N5O4/c1-27-24(32)29(20-6-4-3-5-7-20)22(26-27)17-12-14-28(15-13-17)16-21(30)25-19-10-8-18(9-11-19)23(31)33-2/h3-11,17H,12-16H2,1-2H3,(H,25,30). The molecule has 4 rings (SSSR count). The molecule has 1 aliphatic heterocycles. The van der Waals surface area contributed by atoms with Gasteiger partial charge in [-0.05, 0) is 62.3 Å². The summed E-state index contributed by atoms with van der Waals surface area (Å²) in [6, 6.07) is 16.1. The first kappa shape index (κ1) is 22.5. The number of carbonyl (C=O) groups is 2. The molecule has 2 aromatic carbocycles. The molecule has 2 heterocycles. The minimum atomic E-state index is -0.415. The zero-order valence-electron chi connectivity index (χ0n) is 18.7. The lowest BCUT2D eigenvalue weighted by Gasteiger charge is -2.31. The Hall–Kier alpha value is -3.72. The van der Waals surface area contributed by atoms with Gasteiger partial charge < -0.3 is 10.1 Å². The number of likely N-dealkylation sites (tertiary alicyclic amines) is 1. The monoisotopic (exact) mass is 449 g/mol. The minimum absolute atomic E-state index is 0.113. The summed E-state index contributed by atoms with van der Waals surface area (Å²) < 4.78 is 7.75. The van der Waals surface area contributed by atoms with E-state index in [1.54, 1.807) is 35.9 Å². The van der Waals surface area contributed by atoms with E-state index in [4.69, 9.17) is 0 Å². The maximum absolute atomic E-state index is 12.7. The van der Waals surface area contributed by atoms with Crippen LogP contribution in [0.4, 0.5) is 5.69 Å². The predicted molar refractivity (Wildman–Crippen MR) is 124 cm³/mol. The fourth-order valence-corrected chi connectivity index (χ4v) is 4.13. The first-order chi connectivity index (χ1) is 16.0. The molecule has 0 unspecified atom stereocenters. The first-order valence-corrected chi connectivity index (χ1v) is 10.9. The molecule has 9 heteroatoms. The van der Waals surface area contributed by atoms with Crippen LogP contribution in [0.15, 0.2) is 59.4 Å². The van der Waals surface area contributed by atoms with Gasteiger partial charge in [-0.15, -0.1) is 0 Å². The second kappa shape index (κ2) is 9.83. The molecule has 33 heavy (non-hydrogen) atoms. The van der Waals surface area contributed by atoms with E-state index >= 15 is 0 Å². The number of anilines is 1. The van der Waals surface area contributed by atoms with Crippen LogP contribution < -0.4 is 11.0 Å². The van der Waals surface area contributed by atoms with Crippen LogP contribution in [0.5, 0.6) is 0 Å². The molecule has 1 aliphatic rings. The van der Waals surface area contributed by atoms with Gasteiger partial charge in [-0.2, -0.15) is 5.10 Å². The molecule has 172 valence electrons. The molecule has 0 bridgehead atoms. The summed E-state index contributed by atoms with van der Waals surface area (Å²) in [5.74, 6) is 0.382. The van der Waals surface area contributed by atoms with Crippen LogP contribution in [0.3, 0.4) is 0 Å². The molecule has 0 atom stereocenters. The van der Waals surface area contributed by atoms with Crippen LogP contribution in [-0.4, -0.2) is 57.9 Å². The van der Waals surface area contributed by atoms with E-state index < -0.39 is 5.97 Å². The number of carbonyl (C=O) groups excluding carboxylic acids is 2. The third kappa shape index (κ3) is 5.04. The van der Waals surface area contributed by atoms with E-state index in [1.807, 2.05) is 30.3 Å². The lowest BCUT2D eigenvalue weighted by atomic mass is 9.95. The second-order valence-corrected chi connectivity index (χ2v) is 8.10. The van der Waals surface area contributed by atoms with E-state index in [0.29, 0.717) is 11.3 Å². The Labute approximate surface area is 191 Å². The van der Waals surface area contributed by atoms with Gasteiger partial charge >= 0.3 is 11.7 Å². The number of rotatable bonds is 6. The van der Waals surface area contributed by atoms with Crippen molar-refractivity contribution < 1.29 is 14.3 Å². The van der Waals surface area contributed by atoms with Gasteiger partial charge in [0.15, 0.2) is 0 Å². The highest BCUT2D eigenvalue weighted by Gasteiger charge is 2.27. The quantitative estimate of drug-likeness (QED) is 0.579. The number of piperidine rings is 1. The molecule has 1 fully saturated rings. The Morgan fingerprint density at radius 1 is 1.06 bits per heavy atom. The van der Waals surface area contributed by atoms with Gasteiger partial charge in [-0.25, -0.2) is 18.8 Å². The van der Waals surface area contributed by atoms with Crippen molar-refractivity contribution in [2.45, 2.75) is 18.8 Å². The van der Waals surface area contributed by atoms with Crippen molar-refractivity contribution in [1.82, 2.24) is 19.2 Å². The van der Waals surface area contributed by atoms with Crippen molar-refractivity contribution in [3.8, 4) is 5.69 Å². The fraction of sp³-hybridized carbons (Fsp3) is 0.333. The van der Waals surface area contributed by atoms with E-state index in [9.17, 15) is 14.4 Å². The van der Waals surface area contributed by atoms with Gasteiger partial charge in [0, 0.05) is 18.7 Å². The molecule has 0 radical (unpaired) electrons. The summed E-state index contributed by atoms with van der Waals surface area (Å²) in [6.07, 6.45) is 1.62. The van der Waals surface area contributed by atoms with Crippen LogP contribution in [0.2, 0.25) is 0 Å². The molecule has 1 saturated heterocycles. The van der Waals surface area contributed by atoms with Crippen LogP contribution in [-0.2, 0) is 16.6 Å². The van der Waals surface area contributed by atoms with Crippen LogP contribution in [0.1, 0.15) is 34.9 Å². The van der Waals surface area contributed by atoms with Crippen molar-refractivity contribution in [3.05, 3.63) is 76.5 Å². The van der Waals surface area contributed by atoms with E-state index in [1.165, 1.54) is 11.8 Å². The van der Waals surface area contributed by atoms with E-state index in [-0.39, 0.29) is 24.1 Å². The number of hydrogen-bond donors (Lipinski definition) is 1. The lowest BCUT2D eigenvalue weighted by Crippen LogP contribution is -2.39. The topological polar surface area (TPSA) is 98.5 Å². The lowest BCUT2D eigenvalue weighted by molar-refractivity contribution is -0.117. The zero-order valence-corrected chi connectivity index (χ0v) is 18.7. The number of nitrogens with zero attached hydrogens (tertiary/aromatic N) is 4. The Balaban J connectivity index is 1.35. The molecule has 1 N–H and O–H groups in total. The van der Waals surface area contributed by atoms with E-state index in [2.05, 4.69) is 20.1 Å². The van der Waals surface area contributed by atoms with Gasteiger partial charge in [-0.1, -0.05) is 18.2 Å². The van der Waals surface area contributed by atoms with Gasteiger partial charge in [0.25, 0.3) is 0 Å². The van der Waals surface area contributed by atoms with Crippen LogP contribution >= 0.6 is 0 Å². The van der Waals surface area contributed by atoms with Gasteiger partial charge in [-0.3, -0.25) is 9.69 Å². The Kier molecular flexibility index (Phi) is 6.69. The average molecular weight is 450 g/mol. The molecule has 0 aliphatic carbocycles. The number of aromatic nitrogens is 3. The summed E-state index contributed by atoms with van der Waals surface area (Å²) in [4.78, 5) is 38.8. The Bertz CT molecular complexity index is 1180. The van der Waals surface area contributed by atoms with Crippen molar-refractivity contribution in [2.24, 2.45) is 7.05 Å². The molecule has 1 amide bonds. The number of hydrogen-bond acceptors (Lipinski definition) is 6. The number of methoxy groups -OCH3 is 1. The van der Waals surface area contributed by atoms with Gasteiger partial charge in [0.1, 0.15) is 5.82 Å². The third-order valence-electron chi connectivity index (χ3n) is 5.87. The molecule has 9 nitrogen and oxygen atoms in total. The highest BCUT2D eigenvalue weighted by Crippen LogP contribution is 2.27. The maximum atomic E-state index is 12.7. The first-order valence-electron chi connectivity index (χ1n) is 10.9. The highest BCUT2D eigenvalue weighted by molar-refractivity contribution is 5.94. The summed E-state index contributed by atoms with van der Waals surface area (Å²) in [7, 11) is 3.00. The van der Waals surface area contributed by atoms with Gasteiger partial charge in [0.05, 0.1) is 24.9 Å². The smallest absolute Gasteiger partial charge is 0.350 e. The molecule has 3 aromatic rings. The van der Waals surface area contributed by atoms with Crippen molar-refractivity contribution >= 4 is 17.6 Å². The maximum Gasteiger partial charge on any atom is 0.350 e. The number of ether oxygens (including phenoxy) is 1. The largest absolute Gasteiger partial charge is 0.465 e. The summed E-state index contributed by atoms with van der Waals surface area (Å²) in [5, 5.41) is 7.38. The molecular formula is C24H27N5O4. The Morgan fingerprint density at radius 3 is 2.36 bits per heavy atom. The number of amides is 1. The number of aryl methyl sites for hydroxylation is 1. The van der Waals surface area contributed by atoms with Crippen molar-refractivity contribution in [3.63, 3.8) is 0 Å². The number of benzene rings is 2. The predicted octanol–water partition coefficient (Wildman–Crippen LogP) is 2.18. The van der Waals surface area contributed by atoms with Crippen molar-refractivity contribution in [2.75, 3.05) is 32.1 Å². The molecule has 1 aromatic heterocycles. The Morgan fingerprint density at radius 2 is 1.73 bits per heavy atom. The SMILES string of the molecule is COC(=O)c1ccc(NC(=O)CN2CCC(c3nn(C)c(=O)n3-c3ccccc3)CC2)cc1. The fourth-order valence-electron chi connectivity index (χ4n) is 4.13. The zero-order chi connectivity index (χ0) is 23.4. The molecule has 0 spiro atoms. The minimum Gasteiger partial charge on any atom is -0.465 e. The summed E-state index contributed by atoms with van der Waals surface area (Å²) in [6.45, 7) is 1.75. The normalized spacial score (nSPS) is 14.7. The number of nitrogens with one attached hydrogen (secondary N) is 1. The number of para-hydroxylation sites is 1. The third-order valence-corrected chi connectivity index (χ3v) is 5.87. The molecular weight excluding hydrogens is 422 g/mol. The number of esters is 1. The molecule has 0 saturated carbocycles. The van der Waals surface area contributed by atoms with Crippen LogP contribution in [0, 0.1) is 0 Å². The average Bonchev–Trinajstić information content (AvgIpc) is 3.14. The summed E-state index contributed by atoms with van der Waals surface area (Å²) in [5.41, 5.74) is 1.71. The second-order valence-electron chi connectivity index (χ2n) is 8.10. The van der Waals surface area contributed by atoms with Crippen molar-refractivity contribution in [1.29, 1.82) is 0 Å². The summed E-state index contributed by atoms with van der Waals surface area (Å²) >= 11 is 0. The van der Waals surface area contributed by atoms with E-state index in [0.717, 1.165) is 37.4 Å². The highest BCUT2D eigenvalue weighted by atomic mass is 16.5. The van der Waals surface area contributed by atoms with Gasteiger partial charge in [0.2, 0.25) is 5.91 Å². The van der Waals surface area contributed by atoms with Crippen LogP contribution in [0.25, 0.3) is 5.69 Å².